The molecule has 1 aliphatic rings. The van der Waals surface area contributed by atoms with Gasteiger partial charge >= 0.3 is 0 Å². The Labute approximate surface area is 184 Å². The van der Waals surface area contributed by atoms with E-state index >= 15 is 0 Å². The van der Waals surface area contributed by atoms with Crippen molar-refractivity contribution in [3.63, 3.8) is 0 Å². The SMILES string of the molecule is CC(=O)N(C)C[C@H]1Oc2cc(C#CC(C)(C)O)ccc2S(=O)(=O)N([C@@H](C)CO)C[C@@H]1C. The largest absolute Gasteiger partial charge is 0.487 e. The van der Waals surface area contributed by atoms with Crippen molar-refractivity contribution in [1.82, 2.24) is 9.21 Å². The van der Waals surface area contributed by atoms with Crippen molar-refractivity contribution >= 4 is 15.9 Å². The molecular weight excluding hydrogens is 420 g/mol. The zero-order valence-corrected chi connectivity index (χ0v) is 19.7. The van der Waals surface area contributed by atoms with E-state index in [1.165, 1.54) is 28.3 Å². The van der Waals surface area contributed by atoms with Gasteiger partial charge in [-0.15, -0.1) is 0 Å². The van der Waals surface area contributed by atoms with Gasteiger partial charge in [-0.05, 0) is 39.0 Å². The molecule has 1 aromatic rings. The first-order chi connectivity index (χ1) is 14.3. The maximum Gasteiger partial charge on any atom is 0.247 e. The highest BCUT2D eigenvalue weighted by Gasteiger charge is 2.38. The average Bonchev–Trinajstić information content (AvgIpc) is 2.67. The van der Waals surface area contributed by atoms with Crippen LogP contribution < -0.4 is 4.74 Å². The Hall–Kier alpha value is -2.12. The van der Waals surface area contributed by atoms with Gasteiger partial charge in [-0.2, -0.15) is 4.31 Å². The number of carbonyl (C=O) groups excluding carboxylic acids is 1. The summed E-state index contributed by atoms with van der Waals surface area (Å²) in [6.45, 7) is 8.15. The number of benzene rings is 1. The van der Waals surface area contributed by atoms with Gasteiger partial charge < -0.3 is 19.8 Å². The van der Waals surface area contributed by atoms with E-state index in [2.05, 4.69) is 11.8 Å². The minimum absolute atomic E-state index is 0.0241. The topological polar surface area (TPSA) is 107 Å². The minimum atomic E-state index is -3.95. The molecule has 8 nitrogen and oxygen atoms in total. The van der Waals surface area contributed by atoms with E-state index in [1.54, 1.807) is 33.9 Å². The fraction of sp³-hybridized carbons (Fsp3) is 0.591. The number of ether oxygens (including phenoxy) is 1. The van der Waals surface area contributed by atoms with Crippen molar-refractivity contribution in [3.8, 4) is 17.6 Å². The molecule has 31 heavy (non-hydrogen) atoms. The molecule has 0 fully saturated rings. The first-order valence-electron chi connectivity index (χ1n) is 10.2. The van der Waals surface area contributed by atoms with E-state index < -0.39 is 27.8 Å². The molecule has 0 aliphatic carbocycles. The van der Waals surface area contributed by atoms with Gasteiger partial charge in [-0.1, -0.05) is 18.8 Å². The maximum absolute atomic E-state index is 13.4. The maximum atomic E-state index is 13.4. The van der Waals surface area contributed by atoms with E-state index in [1.807, 2.05) is 6.92 Å². The van der Waals surface area contributed by atoms with Crippen LogP contribution >= 0.6 is 0 Å². The first kappa shape index (κ1) is 25.1. The lowest BCUT2D eigenvalue weighted by atomic mass is 10.0. The van der Waals surface area contributed by atoms with Crippen molar-refractivity contribution < 1.29 is 28.2 Å². The van der Waals surface area contributed by atoms with Crippen LogP contribution in [0.5, 0.6) is 5.75 Å². The Morgan fingerprint density at radius 2 is 2.06 bits per heavy atom. The van der Waals surface area contributed by atoms with Gasteiger partial charge in [-0.25, -0.2) is 8.42 Å². The number of nitrogens with zero attached hydrogens (tertiary/aromatic N) is 2. The average molecular weight is 453 g/mol. The second kappa shape index (κ2) is 9.57. The van der Waals surface area contributed by atoms with Gasteiger partial charge in [0.2, 0.25) is 15.9 Å². The van der Waals surface area contributed by atoms with Crippen LogP contribution in [0.1, 0.15) is 40.2 Å². The Balaban J connectivity index is 2.62. The van der Waals surface area contributed by atoms with Gasteiger partial charge in [0.15, 0.2) is 0 Å². The number of rotatable bonds is 4. The van der Waals surface area contributed by atoms with Crippen LogP contribution in [0, 0.1) is 17.8 Å². The zero-order chi connectivity index (χ0) is 23.6. The Morgan fingerprint density at radius 1 is 1.42 bits per heavy atom. The van der Waals surface area contributed by atoms with Crippen molar-refractivity contribution in [2.45, 2.75) is 57.3 Å². The quantitative estimate of drug-likeness (QED) is 0.662. The molecular formula is C22H32N2O6S. The lowest BCUT2D eigenvalue weighted by molar-refractivity contribution is -0.129. The van der Waals surface area contributed by atoms with Crippen LogP contribution in [0.4, 0.5) is 0 Å². The molecule has 0 spiro atoms. The summed E-state index contributed by atoms with van der Waals surface area (Å²) in [5.41, 5.74) is -0.712. The number of fused-ring (bicyclic) bond motifs is 1. The third kappa shape index (κ3) is 6.20. The number of hydrogen-bond acceptors (Lipinski definition) is 6. The third-order valence-electron chi connectivity index (χ3n) is 5.17. The lowest BCUT2D eigenvalue weighted by Crippen LogP contribution is -2.50. The van der Waals surface area contributed by atoms with Crippen molar-refractivity contribution in [2.75, 3.05) is 26.7 Å². The van der Waals surface area contributed by atoms with Gasteiger partial charge in [-0.3, -0.25) is 4.79 Å². The molecule has 3 atom stereocenters. The molecule has 1 heterocycles. The van der Waals surface area contributed by atoms with E-state index in [-0.39, 0.29) is 42.2 Å². The molecule has 2 rings (SSSR count). The summed E-state index contributed by atoms with van der Waals surface area (Å²) in [7, 11) is -2.28. The summed E-state index contributed by atoms with van der Waals surface area (Å²) < 4.78 is 34.2. The molecule has 0 saturated carbocycles. The van der Waals surface area contributed by atoms with E-state index in [9.17, 15) is 23.4 Å². The number of amides is 1. The molecule has 1 aromatic carbocycles. The molecule has 1 aliphatic heterocycles. The van der Waals surface area contributed by atoms with Gasteiger partial charge in [0.05, 0.1) is 13.2 Å². The summed E-state index contributed by atoms with van der Waals surface area (Å²) in [6.07, 6.45) is -0.478. The normalized spacial score (nSPS) is 22.1. The molecule has 9 heteroatoms. The molecule has 1 amide bonds. The van der Waals surface area contributed by atoms with Crippen molar-refractivity contribution in [3.05, 3.63) is 23.8 Å². The Bertz CT molecular complexity index is 974. The highest BCUT2D eigenvalue weighted by Crippen LogP contribution is 2.34. The summed E-state index contributed by atoms with van der Waals surface area (Å²) in [4.78, 5) is 13.3. The number of carbonyl (C=O) groups is 1. The molecule has 0 bridgehead atoms. The standard InChI is InChI=1S/C22H32N2O6S/c1-15-12-24(16(2)14-25)31(28,29)21-8-7-18(9-10-22(4,5)27)11-19(21)30-20(15)13-23(6)17(3)26/h7-8,11,15-16,20,25,27H,12-14H2,1-6H3/t15-,16-,20+/m0/s1. The van der Waals surface area contributed by atoms with Gasteiger partial charge in [0, 0.05) is 38.0 Å². The van der Waals surface area contributed by atoms with Gasteiger partial charge in [0.25, 0.3) is 0 Å². The summed E-state index contributed by atoms with van der Waals surface area (Å²) in [6, 6.07) is 3.89. The highest BCUT2D eigenvalue weighted by atomic mass is 32.2. The van der Waals surface area contributed by atoms with Crippen LogP contribution in [0.2, 0.25) is 0 Å². The zero-order valence-electron chi connectivity index (χ0n) is 18.9. The molecule has 2 N–H and O–H groups in total. The summed E-state index contributed by atoms with van der Waals surface area (Å²) in [5, 5.41) is 19.5. The first-order valence-corrected chi connectivity index (χ1v) is 11.6. The van der Waals surface area contributed by atoms with Crippen LogP contribution in [0.15, 0.2) is 23.1 Å². The number of likely N-dealkylation sites (N-methyl/N-ethyl adjacent to an activating group) is 1. The van der Waals surface area contributed by atoms with Crippen molar-refractivity contribution in [2.24, 2.45) is 5.92 Å². The Kier molecular flexibility index (Phi) is 7.76. The fourth-order valence-electron chi connectivity index (χ4n) is 3.14. The molecule has 0 radical (unpaired) electrons. The Morgan fingerprint density at radius 3 is 2.61 bits per heavy atom. The number of aliphatic hydroxyl groups is 2. The van der Waals surface area contributed by atoms with Crippen LogP contribution in [0.3, 0.4) is 0 Å². The predicted molar refractivity (Wildman–Crippen MR) is 117 cm³/mol. The molecule has 0 saturated heterocycles. The lowest BCUT2D eigenvalue weighted by Gasteiger charge is -2.37. The highest BCUT2D eigenvalue weighted by molar-refractivity contribution is 7.89. The van der Waals surface area contributed by atoms with Crippen LogP contribution in [-0.4, -0.2) is 78.2 Å². The van der Waals surface area contributed by atoms with E-state index in [4.69, 9.17) is 4.74 Å². The monoisotopic (exact) mass is 452 g/mol. The fourth-order valence-corrected chi connectivity index (χ4v) is 4.97. The molecule has 0 unspecified atom stereocenters. The molecule has 172 valence electrons. The number of hydrogen-bond donors (Lipinski definition) is 2. The number of aliphatic hydroxyl groups excluding tert-OH is 1. The molecule has 0 aromatic heterocycles. The summed E-state index contributed by atoms with van der Waals surface area (Å²) in [5.74, 6) is 5.28. The predicted octanol–water partition coefficient (Wildman–Crippen LogP) is 1.06. The van der Waals surface area contributed by atoms with Gasteiger partial charge in [0.1, 0.15) is 22.4 Å². The van der Waals surface area contributed by atoms with E-state index in [0.29, 0.717) is 5.56 Å². The second-order valence-electron chi connectivity index (χ2n) is 8.61. The minimum Gasteiger partial charge on any atom is -0.487 e. The van der Waals surface area contributed by atoms with E-state index in [0.717, 1.165) is 0 Å². The summed E-state index contributed by atoms with van der Waals surface area (Å²) >= 11 is 0. The third-order valence-corrected chi connectivity index (χ3v) is 7.19. The second-order valence-corrected chi connectivity index (χ2v) is 10.5. The number of sulfonamides is 1. The van der Waals surface area contributed by atoms with Crippen molar-refractivity contribution in [1.29, 1.82) is 0 Å². The van der Waals surface area contributed by atoms with Crippen LogP contribution in [-0.2, 0) is 14.8 Å². The van der Waals surface area contributed by atoms with Crippen LogP contribution in [0.25, 0.3) is 0 Å². The smallest absolute Gasteiger partial charge is 0.247 e.